The lowest BCUT2D eigenvalue weighted by Gasteiger charge is -2.35. The first kappa shape index (κ1) is 11.0. The fourth-order valence-corrected chi connectivity index (χ4v) is 2.03. The summed E-state index contributed by atoms with van der Waals surface area (Å²) in [6.07, 6.45) is 2.43. The first-order valence-corrected chi connectivity index (χ1v) is 5.53. The van der Waals surface area contributed by atoms with Crippen LogP contribution in [0.4, 0.5) is 5.69 Å². The van der Waals surface area contributed by atoms with Crippen LogP contribution in [0.2, 0.25) is 0 Å². The molecule has 0 amide bonds. The Morgan fingerprint density at radius 1 is 1.44 bits per heavy atom. The molecule has 1 fully saturated rings. The highest BCUT2D eigenvalue weighted by molar-refractivity contribution is 5.62. The number of benzene rings is 1. The molecule has 1 aliphatic carbocycles. The number of nitrogens with one attached hydrogen (secondary N) is 1. The van der Waals surface area contributed by atoms with Crippen LogP contribution in [-0.2, 0) is 4.74 Å². The number of anilines is 1. The van der Waals surface area contributed by atoms with Gasteiger partial charge in [-0.05, 0) is 31.4 Å². The lowest BCUT2D eigenvalue weighted by Crippen LogP contribution is -2.40. The van der Waals surface area contributed by atoms with Gasteiger partial charge in [-0.3, -0.25) is 0 Å². The standard InChI is InChI=1S/C13H16N2O/c1-9-4-3-5-10(8-14)13(9)15-11-6-12(7-11)16-2/h3-5,11-12,15H,6-7H2,1-2H3. The summed E-state index contributed by atoms with van der Waals surface area (Å²) in [7, 11) is 1.75. The van der Waals surface area contributed by atoms with Gasteiger partial charge in [0.05, 0.1) is 17.4 Å². The van der Waals surface area contributed by atoms with Gasteiger partial charge < -0.3 is 10.1 Å². The van der Waals surface area contributed by atoms with Crippen molar-refractivity contribution in [2.45, 2.75) is 31.9 Å². The van der Waals surface area contributed by atoms with E-state index in [1.165, 1.54) is 0 Å². The van der Waals surface area contributed by atoms with Crippen molar-refractivity contribution in [1.29, 1.82) is 5.26 Å². The minimum absolute atomic E-state index is 0.382. The molecule has 1 aliphatic rings. The Balaban J connectivity index is 2.08. The fourth-order valence-electron chi connectivity index (χ4n) is 2.03. The van der Waals surface area contributed by atoms with Crippen LogP contribution in [0.5, 0.6) is 0 Å². The van der Waals surface area contributed by atoms with Crippen molar-refractivity contribution in [2.24, 2.45) is 0 Å². The third-order valence-electron chi connectivity index (χ3n) is 3.17. The van der Waals surface area contributed by atoms with E-state index < -0.39 is 0 Å². The fraction of sp³-hybridized carbons (Fsp3) is 0.462. The molecule has 16 heavy (non-hydrogen) atoms. The summed E-state index contributed by atoms with van der Waals surface area (Å²) in [4.78, 5) is 0. The smallest absolute Gasteiger partial charge is 0.101 e. The molecule has 0 spiro atoms. The summed E-state index contributed by atoms with van der Waals surface area (Å²) < 4.78 is 5.24. The molecule has 1 N–H and O–H groups in total. The molecule has 84 valence electrons. The van der Waals surface area contributed by atoms with Gasteiger partial charge in [-0.15, -0.1) is 0 Å². The van der Waals surface area contributed by atoms with E-state index in [0.29, 0.717) is 12.1 Å². The van der Waals surface area contributed by atoms with Crippen LogP contribution < -0.4 is 5.32 Å². The second kappa shape index (κ2) is 4.54. The van der Waals surface area contributed by atoms with Gasteiger partial charge in [-0.2, -0.15) is 5.26 Å². The molecule has 0 heterocycles. The quantitative estimate of drug-likeness (QED) is 0.844. The number of hydrogen-bond donors (Lipinski definition) is 1. The van der Waals surface area contributed by atoms with E-state index in [4.69, 9.17) is 10.00 Å². The molecular weight excluding hydrogens is 200 g/mol. The van der Waals surface area contributed by atoms with Crippen molar-refractivity contribution in [1.82, 2.24) is 0 Å². The summed E-state index contributed by atoms with van der Waals surface area (Å²) in [6, 6.07) is 8.45. The Morgan fingerprint density at radius 2 is 2.19 bits per heavy atom. The van der Waals surface area contributed by atoms with Gasteiger partial charge in [0.15, 0.2) is 0 Å². The van der Waals surface area contributed by atoms with Crippen LogP contribution in [0.25, 0.3) is 0 Å². The van der Waals surface area contributed by atoms with Gasteiger partial charge in [-0.25, -0.2) is 0 Å². The van der Waals surface area contributed by atoms with E-state index in [0.717, 1.165) is 29.7 Å². The highest BCUT2D eigenvalue weighted by Crippen LogP contribution is 2.29. The van der Waals surface area contributed by atoms with Crippen molar-refractivity contribution >= 4 is 5.69 Å². The predicted molar refractivity (Wildman–Crippen MR) is 63.3 cm³/mol. The van der Waals surface area contributed by atoms with Gasteiger partial charge in [0.1, 0.15) is 6.07 Å². The number of hydrogen-bond acceptors (Lipinski definition) is 3. The number of nitriles is 1. The van der Waals surface area contributed by atoms with Crippen LogP contribution in [0, 0.1) is 18.3 Å². The van der Waals surface area contributed by atoms with Crippen LogP contribution in [0.3, 0.4) is 0 Å². The maximum atomic E-state index is 9.03. The Labute approximate surface area is 96.0 Å². The highest BCUT2D eigenvalue weighted by atomic mass is 16.5. The summed E-state index contributed by atoms with van der Waals surface area (Å²) >= 11 is 0. The second-order valence-corrected chi connectivity index (χ2v) is 4.28. The summed E-state index contributed by atoms with van der Waals surface area (Å²) in [5, 5.41) is 12.5. The van der Waals surface area contributed by atoms with Crippen LogP contribution in [-0.4, -0.2) is 19.3 Å². The Morgan fingerprint density at radius 3 is 2.81 bits per heavy atom. The normalized spacial score (nSPS) is 23.3. The first-order chi connectivity index (χ1) is 7.74. The van der Waals surface area contributed by atoms with Crippen LogP contribution in [0.1, 0.15) is 24.0 Å². The minimum Gasteiger partial charge on any atom is -0.381 e. The van der Waals surface area contributed by atoms with Gasteiger partial charge in [0.25, 0.3) is 0 Å². The van der Waals surface area contributed by atoms with Gasteiger partial charge in [-0.1, -0.05) is 12.1 Å². The molecule has 0 aromatic heterocycles. The molecule has 3 nitrogen and oxygen atoms in total. The van der Waals surface area contributed by atoms with Crippen molar-refractivity contribution < 1.29 is 4.74 Å². The lowest BCUT2D eigenvalue weighted by atomic mass is 9.88. The van der Waals surface area contributed by atoms with Crippen LogP contribution in [0.15, 0.2) is 18.2 Å². The molecular formula is C13H16N2O. The topological polar surface area (TPSA) is 45.0 Å². The van der Waals surface area contributed by atoms with Crippen molar-refractivity contribution in [2.75, 3.05) is 12.4 Å². The first-order valence-electron chi connectivity index (χ1n) is 5.53. The Bertz CT molecular complexity index is 416. The van der Waals surface area contributed by atoms with E-state index in [9.17, 15) is 0 Å². The number of ether oxygens (including phenoxy) is 1. The molecule has 1 aromatic rings. The Kier molecular flexibility index (Phi) is 3.12. The zero-order valence-electron chi connectivity index (χ0n) is 9.66. The van der Waals surface area contributed by atoms with Crippen molar-refractivity contribution in [3.8, 4) is 6.07 Å². The largest absolute Gasteiger partial charge is 0.381 e. The van der Waals surface area contributed by atoms with E-state index in [-0.39, 0.29) is 0 Å². The molecule has 0 radical (unpaired) electrons. The molecule has 0 saturated heterocycles. The van der Waals surface area contributed by atoms with Gasteiger partial charge >= 0.3 is 0 Å². The average Bonchev–Trinajstić information content (AvgIpc) is 2.24. The predicted octanol–water partition coefficient (Wildman–Crippen LogP) is 2.46. The van der Waals surface area contributed by atoms with Gasteiger partial charge in [0.2, 0.25) is 0 Å². The lowest BCUT2D eigenvalue weighted by molar-refractivity contribution is 0.0328. The number of methoxy groups -OCH3 is 1. The minimum atomic E-state index is 0.382. The maximum absolute atomic E-state index is 9.03. The molecule has 0 atom stereocenters. The van der Waals surface area contributed by atoms with E-state index in [1.54, 1.807) is 7.11 Å². The van der Waals surface area contributed by atoms with E-state index in [2.05, 4.69) is 11.4 Å². The summed E-state index contributed by atoms with van der Waals surface area (Å²) in [5.74, 6) is 0. The summed E-state index contributed by atoms with van der Waals surface area (Å²) in [6.45, 7) is 2.02. The number of rotatable bonds is 3. The van der Waals surface area contributed by atoms with Crippen molar-refractivity contribution in [3.63, 3.8) is 0 Å². The molecule has 2 rings (SSSR count). The third-order valence-corrected chi connectivity index (χ3v) is 3.17. The highest BCUT2D eigenvalue weighted by Gasteiger charge is 2.29. The molecule has 0 aliphatic heterocycles. The number of aryl methyl sites for hydroxylation is 1. The summed E-state index contributed by atoms with van der Waals surface area (Å²) in [5.41, 5.74) is 2.82. The molecule has 0 unspecified atom stereocenters. The Hall–Kier alpha value is -1.53. The zero-order chi connectivity index (χ0) is 11.5. The monoisotopic (exact) mass is 216 g/mol. The zero-order valence-corrected chi connectivity index (χ0v) is 9.66. The number of para-hydroxylation sites is 1. The molecule has 1 saturated carbocycles. The third kappa shape index (κ3) is 2.02. The molecule has 1 aromatic carbocycles. The van der Waals surface area contributed by atoms with Crippen LogP contribution >= 0.6 is 0 Å². The molecule has 3 heteroatoms. The van der Waals surface area contributed by atoms with Crippen molar-refractivity contribution in [3.05, 3.63) is 29.3 Å². The SMILES string of the molecule is COC1CC(Nc2c(C)cccc2C#N)C1. The molecule has 0 bridgehead atoms. The second-order valence-electron chi connectivity index (χ2n) is 4.28. The van der Waals surface area contributed by atoms with Gasteiger partial charge in [0, 0.05) is 13.2 Å². The van der Waals surface area contributed by atoms with E-state index in [1.807, 2.05) is 25.1 Å². The number of nitrogens with zero attached hydrogens (tertiary/aromatic N) is 1. The maximum Gasteiger partial charge on any atom is 0.101 e. The van der Waals surface area contributed by atoms with E-state index >= 15 is 0 Å². The average molecular weight is 216 g/mol.